The first-order chi connectivity index (χ1) is 17.0. The average Bonchev–Trinajstić information content (AvgIpc) is 2.83. The van der Waals surface area contributed by atoms with Crippen LogP contribution in [-0.4, -0.2) is 23.5 Å². The van der Waals surface area contributed by atoms with Gasteiger partial charge in [-0.15, -0.1) is 0 Å². The van der Waals surface area contributed by atoms with Crippen LogP contribution >= 0.6 is 7.75 Å². The van der Waals surface area contributed by atoms with Gasteiger partial charge in [-0.2, -0.15) is 5.09 Å². The van der Waals surface area contributed by atoms with E-state index in [-0.39, 0.29) is 29.2 Å². The number of nitrogens with one attached hydrogen (secondary N) is 1. The molecule has 0 aliphatic heterocycles. The van der Waals surface area contributed by atoms with Crippen LogP contribution in [0.1, 0.15) is 41.5 Å². The van der Waals surface area contributed by atoms with E-state index in [0.29, 0.717) is 5.39 Å². The molecule has 0 aliphatic carbocycles. The summed E-state index contributed by atoms with van der Waals surface area (Å²) < 4.78 is 30.6. The van der Waals surface area contributed by atoms with Crippen molar-refractivity contribution in [3.05, 3.63) is 76.8 Å². The van der Waals surface area contributed by atoms with Crippen molar-refractivity contribution >= 4 is 30.2 Å². The quantitative estimate of drug-likeness (QED) is 0.141. The molecule has 194 valence electrons. The summed E-state index contributed by atoms with van der Waals surface area (Å²) in [6.07, 6.45) is 0. The summed E-state index contributed by atoms with van der Waals surface area (Å²) in [4.78, 5) is 22.9. The lowest BCUT2D eigenvalue weighted by atomic mass is 9.99. The second kappa shape index (κ2) is 12.5. The van der Waals surface area contributed by atoms with Crippen LogP contribution in [0.3, 0.4) is 0 Å². The van der Waals surface area contributed by atoms with Gasteiger partial charge in [0.05, 0.1) is 11.5 Å². The second-order valence-corrected chi connectivity index (χ2v) is 10.5. The fraction of sp³-hybridized carbons (Fsp3) is 0.346. The average molecular weight is 517 g/mol. The Kier molecular flexibility index (Phi) is 10.0. The molecule has 0 fully saturated rings. The Bertz CT molecular complexity index is 1220. The molecule has 3 rings (SSSR count). The summed E-state index contributed by atoms with van der Waals surface area (Å²) in [5.74, 6) is -0.271. The molecule has 2 atom stereocenters. The standard InChI is InChI=1S/C24H27N2O7P.C2H6/c1-17(23(27)31-16-24(2,3)4)25-34(30,32-20-14-12-19(13-15-20)26(28)29)33-22-11-7-9-18-8-5-6-10-21(18)22;1-2/h5-15,17H,16H2,1-4H3,(H,25,30);1-2H3. The van der Waals surface area contributed by atoms with E-state index >= 15 is 0 Å². The molecule has 0 bridgehead atoms. The number of carbonyl (C=O) groups excluding carboxylic acids is 1. The van der Waals surface area contributed by atoms with Gasteiger partial charge in [0, 0.05) is 17.5 Å². The van der Waals surface area contributed by atoms with Gasteiger partial charge in [0.1, 0.15) is 17.5 Å². The molecule has 3 aromatic rings. The molecule has 0 spiro atoms. The van der Waals surface area contributed by atoms with Crippen molar-refractivity contribution in [2.45, 2.75) is 47.6 Å². The lowest BCUT2D eigenvalue weighted by Crippen LogP contribution is -2.37. The minimum Gasteiger partial charge on any atom is -0.464 e. The molecule has 9 nitrogen and oxygen atoms in total. The normalized spacial score (nSPS) is 13.5. The summed E-state index contributed by atoms with van der Waals surface area (Å²) in [6.45, 7) is 11.4. The smallest absolute Gasteiger partial charge is 0.464 e. The first-order valence-electron chi connectivity index (χ1n) is 11.6. The molecule has 0 amide bonds. The van der Waals surface area contributed by atoms with Gasteiger partial charge in [0.2, 0.25) is 0 Å². The third-order valence-electron chi connectivity index (χ3n) is 4.59. The van der Waals surface area contributed by atoms with Crippen molar-refractivity contribution in [3.8, 4) is 11.5 Å². The first-order valence-corrected chi connectivity index (χ1v) is 13.2. The molecule has 3 aromatic carbocycles. The van der Waals surface area contributed by atoms with E-state index in [1.165, 1.54) is 31.2 Å². The highest BCUT2D eigenvalue weighted by Gasteiger charge is 2.34. The number of nitro benzene ring substituents is 1. The highest BCUT2D eigenvalue weighted by atomic mass is 31.2. The van der Waals surface area contributed by atoms with Crippen LogP contribution in [0.25, 0.3) is 10.8 Å². The van der Waals surface area contributed by atoms with Crippen LogP contribution in [-0.2, 0) is 14.1 Å². The Hall–Kier alpha value is -3.42. The highest BCUT2D eigenvalue weighted by Crippen LogP contribution is 2.47. The number of hydrogen-bond acceptors (Lipinski definition) is 7. The molecule has 0 saturated carbocycles. The first kappa shape index (κ1) is 28.8. The Balaban J connectivity index is 0.00000222. The van der Waals surface area contributed by atoms with Crippen LogP contribution in [0.2, 0.25) is 0 Å². The Morgan fingerprint density at radius 2 is 1.61 bits per heavy atom. The molecule has 10 heteroatoms. The number of nitro groups is 1. The van der Waals surface area contributed by atoms with E-state index in [1.54, 1.807) is 12.1 Å². The number of non-ortho nitro benzene ring substituents is 1. The van der Waals surface area contributed by atoms with Gasteiger partial charge in [0.15, 0.2) is 0 Å². The van der Waals surface area contributed by atoms with Crippen LogP contribution in [0.5, 0.6) is 11.5 Å². The molecule has 0 saturated heterocycles. The van der Waals surface area contributed by atoms with Crippen molar-refractivity contribution in [1.82, 2.24) is 5.09 Å². The van der Waals surface area contributed by atoms with Crippen molar-refractivity contribution in [3.63, 3.8) is 0 Å². The van der Waals surface area contributed by atoms with Crippen molar-refractivity contribution in [1.29, 1.82) is 0 Å². The molecular formula is C26H33N2O7P. The number of fused-ring (bicyclic) bond motifs is 1. The topological polar surface area (TPSA) is 117 Å². The van der Waals surface area contributed by atoms with Crippen LogP contribution in [0.15, 0.2) is 66.7 Å². The second-order valence-electron chi connectivity index (χ2n) is 8.93. The van der Waals surface area contributed by atoms with E-state index in [2.05, 4.69) is 5.09 Å². The van der Waals surface area contributed by atoms with Gasteiger partial charge in [-0.05, 0) is 35.9 Å². The predicted octanol–water partition coefficient (Wildman–Crippen LogP) is 6.91. The molecule has 0 heterocycles. The zero-order chi connectivity index (χ0) is 26.9. The number of carbonyl (C=O) groups is 1. The van der Waals surface area contributed by atoms with Gasteiger partial charge in [0.25, 0.3) is 5.69 Å². The number of rotatable bonds is 9. The van der Waals surface area contributed by atoms with E-state index in [1.807, 2.05) is 65.0 Å². The van der Waals surface area contributed by atoms with Gasteiger partial charge < -0.3 is 13.8 Å². The minimum atomic E-state index is -4.20. The summed E-state index contributed by atoms with van der Waals surface area (Å²) in [6, 6.07) is 16.7. The van der Waals surface area contributed by atoms with Crippen molar-refractivity contribution < 1.29 is 28.1 Å². The van der Waals surface area contributed by atoms with E-state index < -0.39 is 24.7 Å². The van der Waals surface area contributed by atoms with Gasteiger partial charge in [-0.1, -0.05) is 71.0 Å². The molecule has 2 unspecified atom stereocenters. The SMILES string of the molecule is CC.CC(NP(=O)(Oc1ccc([N+](=O)[O-])cc1)Oc1cccc2ccccc12)C(=O)OCC(C)(C)C. The number of ether oxygens (including phenoxy) is 1. The number of benzene rings is 3. The zero-order valence-corrected chi connectivity index (χ0v) is 22.3. The van der Waals surface area contributed by atoms with E-state index in [4.69, 9.17) is 13.8 Å². The number of esters is 1. The van der Waals surface area contributed by atoms with Gasteiger partial charge in [-0.3, -0.25) is 14.9 Å². The Labute approximate surface area is 211 Å². The third-order valence-corrected chi connectivity index (χ3v) is 6.19. The molecule has 36 heavy (non-hydrogen) atoms. The molecule has 0 aromatic heterocycles. The maximum absolute atomic E-state index is 13.8. The van der Waals surface area contributed by atoms with Crippen LogP contribution < -0.4 is 14.1 Å². The maximum Gasteiger partial charge on any atom is 0.513 e. The van der Waals surface area contributed by atoms with E-state index in [9.17, 15) is 19.5 Å². The van der Waals surface area contributed by atoms with Gasteiger partial charge >= 0.3 is 13.7 Å². The van der Waals surface area contributed by atoms with Crippen molar-refractivity contribution in [2.24, 2.45) is 5.41 Å². The monoisotopic (exact) mass is 516 g/mol. The lowest BCUT2D eigenvalue weighted by molar-refractivity contribution is -0.384. The molecule has 0 radical (unpaired) electrons. The number of hydrogen-bond donors (Lipinski definition) is 1. The predicted molar refractivity (Wildman–Crippen MR) is 140 cm³/mol. The summed E-state index contributed by atoms with van der Waals surface area (Å²) in [7, 11) is -4.20. The fourth-order valence-electron chi connectivity index (χ4n) is 2.95. The zero-order valence-electron chi connectivity index (χ0n) is 21.4. The largest absolute Gasteiger partial charge is 0.513 e. The van der Waals surface area contributed by atoms with Crippen LogP contribution in [0, 0.1) is 15.5 Å². The fourth-order valence-corrected chi connectivity index (χ4v) is 4.49. The molecular weight excluding hydrogens is 483 g/mol. The Morgan fingerprint density at radius 3 is 2.22 bits per heavy atom. The third kappa shape index (κ3) is 8.36. The summed E-state index contributed by atoms with van der Waals surface area (Å²) >= 11 is 0. The summed E-state index contributed by atoms with van der Waals surface area (Å²) in [5, 5.41) is 15.1. The van der Waals surface area contributed by atoms with E-state index in [0.717, 1.165) is 5.39 Å². The Morgan fingerprint density at radius 1 is 1.00 bits per heavy atom. The summed E-state index contributed by atoms with van der Waals surface area (Å²) in [5.41, 5.74) is -0.391. The lowest BCUT2D eigenvalue weighted by Gasteiger charge is -2.24. The molecule has 0 aliphatic rings. The minimum absolute atomic E-state index is 0.0666. The van der Waals surface area contributed by atoms with Crippen molar-refractivity contribution in [2.75, 3.05) is 6.61 Å². The number of nitrogens with zero attached hydrogens (tertiary/aromatic N) is 1. The highest BCUT2D eigenvalue weighted by molar-refractivity contribution is 7.52. The van der Waals surface area contributed by atoms with Gasteiger partial charge in [-0.25, -0.2) is 4.57 Å². The van der Waals surface area contributed by atoms with Crippen LogP contribution in [0.4, 0.5) is 5.69 Å². The maximum atomic E-state index is 13.8. The molecule has 1 N–H and O–H groups in total.